The van der Waals surface area contributed by atoms with Crippen molar-refractivity contribution in [3.63, 3.8) is 0 Å². The van der Waals surface area contributed by atoms with Crippen molar-refractivity contribution in [3.8, 4) is 11.3 Å². The summed E-state index contributed by atoms with van der Waals surface area (Å²) in [6.07, 6.45) is -2.60. The minimum atomic E-state index is -2.60. The first-order valence-electron chi connectivity index (χ1n) is 5.53. The predicted octanol–water partition coefficient (Wildman–Crippen LogP) is 4.80. The molecular weight excluding hydrogens is 466 g/mol. The van der Waals surface area contributed by atoms with Crippen LogP contribution >= 0.6 is 50.1 Å². The molecule has 2 aromatic rings. The lowest BCUT2D eigenvalue weighted by Gasteiger charge is -2.14. The summed E-state index contributed by atoms with van der Waals surface area (Å²) in [6.45, 7) is -0.639. The lowest BCUT2D eigenvalue weighted by Crippen LogP contribution is -2.26. The smallest absolute Gasteiger partial charge is 0.264 e. The van der Waals surface area contributed by atoms with Crippen molar-refractivity contribution in [1.29, 1.82) is 0 Å². The fourth-order valence-electron chi connectivity index (χ4n) is 1.80. The van der Waals surface area contributed by atoms with E-state index in [4.69, 9.17) is 11.6 Å². The van der Waals surface area contributed by atoms with Gasteiger partial charge in [0.2, 0.25) is 0 Å². The van der Waals surface area contributed by atoms with Crippen LogP contribution in [-0.4, -0.2) is 11.0 Å². The minimum Gasteiger partial charge on any atom is -0.302 e. The number of nitrogens with zero attached hydrogens (tertiary/aromatic N) is 1. The second kappa shape index (κ2) is 6.53. The maximum absolute atomic E-state index is 12.7. The Morgan fingerprint density at radius 2 is 2.00 bits per heavy atom. The summed E-state index contributed by atoms with van der Waals surface area (Å²) in [5.41, 5.74) is 0.646. The third kappa shape index (κ3) is 3.40. The summed E-state index contributed by atoms with van der Waals surface area (Å²) in [4.78, 5) is 12.1. The van der Waals surface area contributed by atoms with Gasteiger partial charge in [-0.05, 0) is 46.9 Å². The molecule has 0 bridgehead atoms. The van der Waals surface area contributed by atoms with Crippen LogP contribution in [0.5, 0.6) is 0 Å². The fraction of sp³-hybridized carbons (Fsp3) is 0.154. The number of aromatic nitrogens is 1. The number of hydrogen-bond acceptors (Lipinski definition) is 1. The highest BCUT2D eigenvalue weighted by molar-refractivity contribution is 14.1. The highest BCUT2D eigenvalue weighted by atomic mass is 127. The van der Waals surface area contributed by atoms with E-state index in [0.717, 1.165) is 4.57 Å². The first-order valence-corrected chi connectivity index (χ1v) is 7.78. The van der Waals surface area contributed by atoms with Crippen LogP contribution in [0, 0.1) is 3.57 Å². The maximum Gasteiger partial charge on any atom is 0.264 e. The van der Waals surface area contributed by atoms with Crippen molar-refractivity contribution < 1.29 is 8.78 Å². The van der Waals surface area contributed by atoms with E-state index < -0.39 is 18.5 Å². The Bertz CT molecular complexity index is 705. The Balaban J connectivity index is 2.67. The van der Waals surface area contributed by atoms with Gasteiger partial charge in [-0.2, -0.15) is 0 Å². The van der Waals surface area contributed by atoms with Crippen LogP contribution in [-0.2, 0) is 6.54 Å². The van der Waals surface area contributed by atoms with E-state index in [9.17, 15) is 13.6 Å². The summed E-state index contributed by atoms with van der Waals surface area (Å²) < 4.78 is 27.5. The molecule has 2 rings (SSSR count). The Kier molecular flexibility index (Phi) is 5.19. The zero-order valence-corrected chi connectivity index (χ0v) is 14.4. The Labute approximate surface area is 141 Å². The summed E-state index contributed by atoms with van der Waals surface area (Å²) in [5.74, 6) is 0. The molecular formula is C13H8BrClF2INO. The van der Waals surface area contributed by atoms with Crippen molar-refractivity contribution in [3.05, 3.63) is 53.8 Å². The molecule has 20 heavy (non-hydrogen) atoms. The minimum absolute atomic E-state index is 0.400. The van der Waals surface area contributed by atoms with Crippen molar-refractivity contribution in [2.24, 2.45) is 0 Å². The van der Waals surface area contributed by atoms with E-state index in [1.54, 1.807) is 30.3 Å². The van der Waals surface area contributed by atoms with Crippen molar-refractivity contribution in [1.82, 2.24) is 4.57 Å². The predicted molar refractivity (Wildman–Crippen MR) is 87.6 cm³/mol. The third-order valence-electron chi connectivity index (χ3n) is 2.66. The summed E-state index contributed by atoms with van der Waals surface area (Å²) in [5, 5.41) is 0.522. The van der Waals surface area contributed by atoms with Crippen molar-refractivity contribution >= 4 is 50.1 Å². The fourth-order valence-corrected chi connectivity index (χ4v) is 3.16. The number of rotatable bonds is 3. The molecule has 0 atom stereocenters. The van der Waals surface area contributed by atoms with Crippen LogP contribution in [0.1, 0.15) is 0 Å². The highest BCUT2D eigenvalue weighted by Gasteiger charge is 2.15. The summed E-state index contributed by atoms with van der Waals surface area (Å²) >= 11 is 11.0. The molecule has 0 unspecified atom stereocenters. The van der Waals surface area contributed by atoms with E-state index in [1.807, 2.05) is 22.6 Å². The molecule has 0 spiro atoms. The average molecular weight is 474 g/mol. The maximum atomic E-state index is 12.7. The molecule has 1 aromatic heterocycles. The average Bonchev–Trinajstić information content (AvgIpc) is 2.36. The van der Waals surface area contributed by atoms with Crippen molar-refractivity contribution in [2.75, 3.05) is 0 Å². The molecule has 1 aromatic carbocycles. The number of hydrogen-bond donors (Lipinski definition) is 0. The summed E-state index contributed by atoms with van der Waals surface area (Å²) in [7, 11) is 0. The van der Waals surface area contributed by atoms with Gasteiger partial charge in [-0.3, -0.25) is 4.79 Å². The Morgan fingerprint density at radius 1 is 1.30 bits per heavy atom. The second-order valence-corrected chi connectivity index (χ2v) is 6.45. The van der Waals surface area contributed by atoms with Crippen LogP contribution < -0.4 is 5.56 Å². The molecule has 106 valence electrons. The third-order valence-corrected chi connectivity index (χ3v) is 4.37. The molecule has 0 aliphatic heterocycles. The molecule has 0 radical (unpaired) electrons. The molecule has 0 N–H and O–H groups in total. The van der Waals surface area contributed by atoms with Gasteiger partial charge in [0, 0.05) is 15.1 Å². The quantitative estimate of drug-likeness (QED) is 0.586. The molecule has 0 fully saturated rings. The lowest BCUT2D eigenvalue weighted by molar-refractivity contribution is 0.125. The SMILES string of the molecule is O=c1c(I)ccc(-c2ccc(Cl)cc2Br)n1CC(F)F. The lowest BCUT2D eigenvalue weighted by atomic mass is 10.1. The first-order chi connectivity index (χ1) is 9.40. The molecule has 0 saturated carbocycles. The van der Waals surface area contributed by atoms with Crippen LogP contribution in [0.3, 0.4) is 0 Å². The largest absolute Gasteiger partial charge is 0.302 e. The van der Waals surface area contributed by atoms with Gasteiger partial charge in [-0.15, -0.1) is 0 Å². The number of alkyl halides is 2. The van der Waals surface area contributed by atoms with Crippen LogP contribution in [0.25, 0.3) is 11.3 Å². The zero-order valence-electron chi connectivity index (χ0n) is 9.92. The first kappa shape index (κ1) is 15.9. The molecule has 0 aliphatic carbocycles. The van der Waals surface area contributed by atoms with E-state index in [1.165, 1.54) is 0 Å². The van der Waals surface area contributed by atoms with Gasteiger partial charge in [0.15, 0.2) is 0 Å². The summed E-state index contributed by atoms with van der Waals surface area (Å²) in [6, 6.07) is 8.26. The molecule has 0 amide bonds. The normalized spacial score (nSPS) is 11.1. The van der Waals surface area contributed by atoms with Crippen LogP contribution in [0.15, 0.2) is 39.6 Å². The van der Waals surface area contributed by atoms with Crippen LogP contribution in [0.4, 0.5) is 8.78 Å². The number of halogens is 5. The molecule has 0 aliphatic rings. The van der Waals surface area contributed by atoms with Gasteiger partial charge >= 0.3 is 0 Å². The van der Waals surface area contributed by atoms with Gasteiger partial charge in [-0.1, -0.05) is 33.6 Å². The van der Waals surface area contributed by atoms with E-state index in [-0.39, 0.29) is 0 Å². The number of pyridine rings is 1. The zero-order chi connectivity index (χ0) is 14.9. The van der Waals surface area contributed by atoms with Gasteiger partial charge in [0.05, 0.1) is 15.8 Å². The van der Waals surface area contributed by atoms with E-state index >= 15 is 0 Å². The Morgan fingerprint density at radius 3 is 2.60 bits per heavy atom. The van der Waals surface area contributed by atoms with Gasteiger partial charge in [0.25, 0.3) is 12.0 Å². The monoisotopic (exact) mass is 473 g/mol. The van der Waals surface area contributed by atoms with Gasteiger partial charge < -0.3 is 4.57 Å². The second-order valence-electron chi connectivity index (χ2n) is 4.00. The van der Waals surface area contributed by atoms with E-state index in [2.05, 4.69) is 15.9 Å². The van der Waals surface area contributed by atoms with Crippen molar-refractivity contribution in [2.45, 2.75) is 13.0 Å². The van der Waals surface area contributed by atoms with E-state index in [0.29, 0.717) is 24.3 Å². The molecule has 7 heteroatoms. The molecule has 2 nitrogen and oxygen atoms in total. The molecule has 0 saturated heterocycles. The van der Waals surface area contributed by atoms with Gasteiger partial charge in [0.1, 0.15) is 0 Å². The molecule has 1 heterocycles. The topological polar surface area (TPSA) is 22.0 Å². The highest BCUT2D eigenvalue weighted by Crippen LogP contribution is 2.30. The Hall–Kier alpha value is -0.470. The number of benzene rings is 1. The van der Waals surface area contributed by atoms with Crippen LogP contribution in [0.2, 0.25) is 5.02 Å². The standard InChI is InChI=1S/C13H8BrClF2INO/c14-9-5-7(15)1-2-8(9)11-4-3-10(18)13(20)19(11)6-12(16)17/h1-5,12H,6H2. The van der Waals surface area contributed by atoms with Gasteiger partial charge in [-0.25, -0.2) is 8.78 Å².